The molecule has 0 aliphatic rings. The van der Waals surface area contributed by atoms with Crippen LogP contribution in [0, 0.1) is 10.1 Å². The highest BCUT2D eigenvalue weighted by atomic mass is 32.2. The van der Waals surface area contributed by atoms with Crippen molar-refractivity contribution in [2.75, 3.05) is 0 Å². The summed E-state index contributed by atoms with van der Waals surface area (Å²) in [4.78, 5) is 12.9. The van der Waals surface area contributed by atoms with Crippen molar-refractivity contribution < 1.29 is 13.3 Å². The second-order valence-corrected chi connectivity index (χ2v) is 5.33. The van der Waals surface area contributed by atoms with Crippen LogP contribution in [-0.4, -0.2) is 28.5 Å². The number of sulfone groups is 1. The van der Waals surface area contributed by atoms with Gasteiger partial charge < -0.3 is 10.1 Å². The molecule has 0 saturated heterocycles. The molecule has 1 aromatic heterocycles. The van der Waals surface area contributed by atoms with Crippen molar-refractivity contribution in [3.8, 4) is 0 Å². The molecule has 8 nitrogen and oxygen atoms in total. The average molecular weight is 268 g/mol. The van der Waals surface area contributed by atoms with E-state index in [-0.39, 0.29) is 5.75 Å². The molecule has 0 saturated carbocycles. The largest absolute Gasteiger partial charge is 0.454 e. The van der Waals surface area contributed by atoms with E-state index in [1.165, 1.54) is 0 Å². The molecule has 0 radical (unpaired) electrons. The van der Waals surface area contributed by atoms with Gasteiger partial charge in [-0.1, -0.05) is 35.4 Å². The van der Waals surface area contributed by atoms with Gasteiger partial charge in [0.25, 0.3) is 0 Å². The molecule has 2 rings (SSSR count). The van der Waals surface area contributed by atoms with Gasteiger partial charge in [0, 0.05) is 0 Å². The van der Waals surface area contributed by atoms with E-state index in [2.05, 4.69) is 10.1 Å². The first-order chi connectivity index (χ1) is 8.49. The Hall–Kier alpha value is -2.29. The lowest BCUT2D eigenvalue weighted by molar-refractivity contribution is -0.394. The van der Waals surface area contributed by atoms with Gasteiger partial charge in [0.05, 0.1) is 5.75 Å². The highest BCUT2D eigenvalue weighted by molar-refractivity contribution is 7.90. The lowest BCUT2D eigenvalue weighted by atomic mass is 10.2. The van der Waals surface area contributed by atoms with Gasteiger partial charge in [0.2, 0.25) is 9.84 Å². The van der Waals surface area contributed by atoms with Gasteiger partial charge in [-0.2, -0.15) is 0 Å². The van der Waals surface area contributed by atoms with Crippen molar-refractivity contribution in [3.63, 3.8) is 0 Å². The molecular weight excluding hydrogens is 260 g/mol. The van der Waals surface area contributed by atoms with Crippen LogP contribution in [0.4, 0.5) is 5.95 Å². The standard InChI is InChI=1S/C9H8N4O4S/c14-13(15)8-10-9(12-11-8)18(16,17)6-7-4-2-1-3-5-7/h1-5H,6H2,(H,10,11,12). The highest BCUT2D eigenvalue weighted by Crippen LogP contribution is 2.14. The third kappa shape index (κ3) is 2.51. The number of hydrogen-bond acceptors (Lipinski definition) is 6. The first kappa shape index (κ1) is 12.2. The zero-order valence-electron chi connectivity index (χ0n) is 8.98. The van der Waals surface area contributed by atoms with Crippen LogP contribution in [0.1, 0.15) is 5.56 Å². The summed E-state index contributed by atoms with van der Waals surface area (Å²) < 4.78 is 23.7. The Morgan fingerprint density at radius 3 is 2.50 bits per heavy atom. The predicted octanol–water partition coefficient (Wildman–Crippen LogP) is 0.687. The zero-order valence-corrected chi connectivity index (χ0v) is 9.79. The summed E-state index contributed by atoms with van der Waals surface area (Å²) in [5, 5.41) is 15.1. The zero-order chi connectivity index (χ0) is 13.2. The quantitative estimate of drug-likeness (QED) is 0.643. The molecule has 0 unspecified atom stereocenters. The van der Waals surface area contributed by atoms with Gasteiger partial charge >= 0.3 is 11.1 Å². The molecule has 0 atom stereocenters. The van der Waals surface area contributed by atoms with Crippen molar-refractivity contribution in [3.05, 3.63) is 46.0 Å². The SMILES string of the molecule is O=[N+]([O-])c1nc(S(=O)(=O)Cc2ccccc2)n[nH]1. The minimum Gasteiger partial charge on any atom is -0.390 e. The molecule has 1 heterocycles. The number of hydrogen-bond donors (Lipinski definition) is 1. The minimum absolute atomic E-state index is 0.303. The average Bonchev–Trinajstić information content (AvgIpc) is 2.79. The molecule has 18 heavy (non-hydrogen) atoms. The van der Waals surface area contributed by atoms with E-state index in [0.29, 0.717) is 5.56 Å². The second-order valence-electron chi connectivity index (χ2n) is 3.44. The third-order valence-corrected chi connectivity index (χ3v) is 3.56. The lowest BCUT2D eigenvalue weighted by Gasteiger charge is -1.97. The van der Waals surface area contributed by atoms with E-state index >= 15 is 0 Å². The number of rotatable bonds is 4. The normalized spacial score (nSPS) is 11.3. The van der Waals surface area contributed by atoms with Gasteiger partial charge in [-0.15, -0.1) is 5.10 Å². The Morgan fingerprint density at radius 1 is 1.28 bits per heavy atom. The number of nitrogens with zero attached hydrogens (tertiary/aromatic N) is 3. The first-order valence-corrected chi connectivity index (χ1v) is 6.48. The molecular formula is C9H8N4O4S. The second kappa shape index (κ2) is 4.53. The van der Waals surface area contributed by atoms with Crippen LogP contribution in [0.3, 0.4) is 0 Å². The molecule has 0 bridgehead atoms. The fourth-order valence-electron chi connectivity index (χ4n) is 1.32. The summed E-state index contributed by atoms with van der Waals surface area (Å²) >= 11 is 0. The maximum Gasteiger partial charge on any atom is 0.454 e. The minimum atomic E-state index is -3.78. The van der Waals surface area contributed by atoms with Crippen LogP contribution in [0.5, 0.6) is 0 Å². The summed E-state index contributed by atoms with van der Waals surface area (Å²) in [5.41, 5.74) is 0.560. The van der Waals surface area contributed by atoms with Crippen molar-refractivity contribution in [2.24, 2.45) is 0 Å². The summed E-state index contributed by atoms with van der Waals surface area (Å²) in [6.45, 7) is 0. The maximum atomic E-state index is 11.9. The third-order valence-electron chi connectivity index (χ3n) is 2.10. The molecule has 94 valence electrons. The van der Waals surface area contributed by atoms with Crippen molar-refractivity contribution in [1.82, 2.24) is 15.2 Å². The number of aromatic nitrogens is 3. The van der Waals surface area contributed by atoms with Crippen LogP contribution in [0.15, 0.2) is 35.5 Å². The molecule has 9 heteroatoms. The number of benzene rings is 1. The fourth-order valence-corrected chi connectivity index (χ4v) is 2.49. The fraction of sp³-hybridized carbons (Fsp3) is 0.111. The van der Waals surface area contributed by atoms with Crippen molar-refractivity contribution in [2.45, 2.75) is 10.9 Å². The Labute approximate surface area is 102 Å². The van der Waals surface area contributed by atoms with Crippen LogP contribution < -0.4 is 0 Å². The Balaban J connectivity index is 2.28. The van der Waals surface area contributed by atoms with E-state index in [1.807, 2.05) is 5.10 Å². The summed E-state index contributed by atoms with van der Waals surface area (Å²) in [5.74, 6) is -0.996. The van der Waals surface area contributed by atoms with Crippen LogP contribution in [-0.2, 0) is 15.6 Å². The number of H-pyrrole nitrogens is 1. The van der Waals surface area contributed by atoms with Gasteiger partial charge in [-0.05, 0) is 15.5 Å². The van der Waals surface area contributed by atoms with Crippen molar-refractivity contribution >= 4 is 15.8 Å². The van der Waals surface area contributed by atoms with Gasteiger partial charge in [0.15, 0.2) is 0 Å². The van der Waals surface area contributed by atoms with E-state index in [1.54, 1.807) is 30.3 Å². The summed E-state index contributed by atoms with van der Waals surface area (Å²) in [6.07, 6.45) is 0. The van der Waals surface area contributed by atoms with E-state index < -0.39 is 25.9 Å². The Morgan fingerprint density at radius 2 is 1.94 bits per heavy atom. The van der Waals surface area contributed by atoms with Crippen molar-refractivity contribution in [1.29, 1.82) is 0 Å². The molecule has 0 amide bonds. The molecule has 2 aromatic rings. The van der Waals surface area contributed by atoms with E-state index in [4.69, 9.17) is 0 Å². The maximum absolute atomic E-state index is 11.9. The van der Waals surface area contributed by atoms with Gasteiger partial charge in [0.1, 0.15) is 0 Å². The van der Waals surface area contributed by atoms with Crippen LogP contribution in [0.25, 0.3) is 0 Å². The highest BCUT2D eigenvalue weighted by Gasteiger charge is 2.27. The molecule has 0 spiro atoms. The van der Waals surface area contributed by atoms with Gasteiger partial charge in [-0.25, -0.2) is 8.42 Å². The molecule has 0 aliphatic heterocycles. The molecule has 1 aromatic carbocycles. The molecule has 0 fully saturated rings. The van der Waals surface area contributed by atoms with E-state index in [0.717, 1.165) is 0 Å². The Kier molecular flexibility index (Phi) is 3.06. The lowest BCUT2D eigenvalue weighted by Crippen LogP contribution is -2.07. The summed E-state index contributed by atoms with van der Waals surface area (Å²) in [6, 6.07) is 8.43. The Bertz CT molecular complexity index is 665. The van der Waals surface area contributed by atoms with Gasteiger partial charge in [-0.3, -0.25) is 0 Å². The molecule has 1 N–H and O–H groups in total. The number of nitro groups is 1. The molecule has 0 aliphatic carbocycles. The predicted molar refractivity (Wildman–Crippen MR) is 60.4 cm³/mol. The first-order valence-electron chi connectivity index (χ1n) is 4.82. The smallest absolute Gasteiger partial charge is 0.390 e. The number of nitrogens with one attached hydrogen (secondary N) is 1. The number of aromatic amines is 1. The van der Waals surface area contributed by atoms with Crippen LogP contribution in [0.2, 0.25) is 0 Å². The van der Waals surface area contributed by atoms with E-state index in [9.17, 15) is 18.5 Å². The monoisotopic (exact) mass is 268 g/mol. The summed E-state index contributed by atoms with van der Waals surface area (Å²) in [7, 11) is -3.78. The topological polar surface area (TPSA) is 119 Å². The van der Waals surface area contributed by atoms with Crippen LogP contribution >= 0.6 is 0 Å².